The molecule has 0 spiro atoms. The third-order valence-electron chi connectivity index (χ3n) is 5.86. The predicted molar refractivity (Wildman–Crippen MR) is 148 cm³/mol. The topological polar surface area (TPSA) is 24.7 Å². The van der Waals surface area contributed by atoms with Crippen molar-refractivity contribution in [3.8, 4) is 0 Å². The molecule has 0 N–H and O–H groups in total. The van der Waals surface area contributed by atoms with Gasteiger partial charge in [0, 0.05) is 28.0 Å². The van der Waals surface area contributed by atoms with E-state index < -0.39 is 0 Å². The molecule has 2 nitrogen and oxygen atoms in total. The minimum absolute atomic E-state index is 0. The molecule has 2 aromatic carbocycles. The second-order valence-electron chi connectivity index (χ2n) is 9.72. The molecule has 33 heavy (non-hydrogen) atoms. The molecule has 0 aliphatic carbocycles. The number of thioether (sulfide) groups is 2. The molecule has 0 saturated carbocycles. The van der Waals surface area contributed by atoms with Crippen molar-refractivity contribution in [3.63, 3.8) is 0 Å². The number of rotatable bonds is 6. The minimum Gasteiger partial charge on any atom is -0.239 e. The summed E-state index contributed by atoms with van der Waals surface area (Å²) in [5.41, 5.74) is 7.59. The summed E-state index contributed by atoms with van der Waals surface area (Å²) in [5.74, 6) is 3.89. The number of para-hydroxylation sites is 2. The molecule has 1 saturated heterocycles. The maximum atomic E-state index is 5.32. The van der Waals surface area contributed by atoms with E-state index in [-0.39, 0.29) is 16.5 Å². The van der Waals surface area contributed by atoms with Gasteiger partial charge in [0.1, 0.15) is 10.1 Å². The quantitative estimate of drug-likeness (QED) is 0.351. The summed E-state index contributed by atoms with van der Waals surface area (Å²) in [6.07, 6.45) is 0. The minimum atomic E-state index is 0. The van der Waals surface area contributed by atoms with Gasteiger partial charge in [-0.2, -0.15) is 0 Å². The van der Waals surface area contributed by atoms with E-state index in [1.54, 1.807) is 0 Å². The standard InChI is InChI=1S/C28H38N2S2.Ni/c1-17(2)21-11-9-12-22(18(3)4)25(21)29-27-28(32-16-15-31-27)30-26-23(19(5)6)13-10-14-24(26)20(7)8;/h9-14,17-20H,15-16H2,1-8H3;. The number of benzene rings is 2. The van der Waals surface area contributed by atoms with Crippen LogP contribution in [0.25, 0.3) is 0 Å². The number of nitrogens with zero attached hydrogens (tertiary/aromatic N) is 2. The summed E-state index contributed by atoms with van der Waals surface area (Å²) in [6, 6.07) is 13.3. The van der Waals surface area contributed by atoms with E-state index in [1.807, 2.05) is 23.5 Å². The molecular weight excluding hydrogens is 487 g/mol. The van der Waals surface area contributed by atoms with Gasteiger partial charge in [-0.25, -0.2) is 9.98 Å². The molecule has 182 valence electrons. The molecular formula is C28H38N2NiS2. The normalized spacial score (nSPS) is 17.0. The maximum absolute atomic E-state index is 5.32. The summed E-state index contributed by atoms with van der Waals surface area (Å²) >= 11 is 3.71. The fourth-order valence-electron chi connectivity index (χ4n) is 4.05. The van der Waals surface area contributed by atoms with Crippen molar-refractivity contribution in [2.45, 2.75) is 79.1 Å². The largest absolute Gasteiger partial charge is 0.239 e. The van der Waals surface area contributed by atoms with Gasteiger partial charge in [0.25, 0.3) is 0 Å². The van der Waals surface area contributed by atoms with Crippen LogP contribution in [0.4, 0.5) is 11.4 Å². The molecule has 0 radical (unpaired) electrons. The molecule has 0 atom stereocenters. The van der Waals surface area contributed by atoms with E-state index in [2.05, 4.69) is 91.8 Å². The first kappa shape index (κ1) is 28.2. The first-order valence-corrected chi connectivity index (χ1v) is 13.9. The van der Waals surface area contributed by atoms with Gasteiger partial charge in [-0.1, -0.05) is 91.8 Å². The second kappa shape index (κ2) is 12.6. The average molecular weight is 525 g/mol. The van der Waals surface area contributed by atoms with E-state index in [4.69, 9.17) is 9.98 Å². The zero-order chi connectivity index (χ0) is 23.4. The number of hydrogen-bond donors (Lipinski definition) is 0. The summed E-state index contributed by atoms with van der Waals surface area (Å²) < 4.78 is 0. The van der Waals surface area contributed by atoms with Crippen LogP contribution in [0.1, 0.15) is 101 Å². The van der Waals surface area contributed by atoms with Crippen LogP contribution in [-0.4, -0.2) is 21.6 Å². The van der Waals surface area contributed by atoms with Gasteiger partial charge >= 0.3 is 0 Å². The molecule has 1 fully saturated rings. The van der Waals surface area contributed by atoms with Gasteiger partial charge in [0.05, 0.1) is 11.4 Å². The fourth-order valence-corrected chi connectivity index (χ4v) is 6.10. The van der Waals surface area contributed by atoms with Gasteiger partial charge in [0.15, 0.2) is 0 Å². The van der Waals surface area contributed by atoms with E-state index in [1.165, 1.54) is 22.3 Å². The molecule has 0 aromatic heterocycles. The van der Waals surface area contributed by atoms with Gasteiger partial charge in [0.2, 0.25) is 0 Å². The summed E-state index contributed by atoms with van der Waals surface area (Å²) in [4.78, 5) is 10.6. The molecule has 5 heteroatoms. The Balaban J connectivity index is 0.00000385. The third kappa shape index (κ3) is 6.77. The van der Waals surface area contributed by atoms with Crippen LogP contribution in [0.3, 0.4) is 0 Å². The Morgan fingerprint density at radius 2 is 0.818 bits per heavy atom. The Morgan fingerprint density at radius 3 is 1.06 bits per heavy atom. The SMILES string of the molecule is CC(C)c1cccc(C(C)C)c1N=C1SCCSC1=Nc1c(C(C)C)cccc1C(C)C.[Ni]. The van der Waals surface area contributed by atoms with Crippen molar-refractivity contribution < 1.29 is 16.5 Å². The Kier molecular flexibility index (Phi) is 10.8. The third-order valence-corrected chi connectivity index (χ3v) is 8.18. The summed E-state index contributed by atoms with van der Waals surface area (Å²) in [7, 11) is 0. The Morgan fingerprint density at radius 1 is 0.545 bits per heavy atom. The smallest absolute Gasteiger partial charge is 0.129 e. The number of aliphatic imine (C=N–C) groups is 2. The van der Waals surface area contributed by atoms with Crippen LogP contribution in [0.2, 0.25) is 0 Å². The van der Waals surface area contributed by atoms with Crippen LogP contribution in [0.15, 0.2) is 46.4 Å². The monoisotopic (exact) mass is 524 g/mol. The molecule has 0 unspecified atom stereocenters. The Hall–Kier alpha value is -1.03. The molecule has 1 heterocycles. The van der Waals surface area contributed by atoms with Crippen molar-refractivity contribution in [3.05, 3.63) is 58.7 Å². The predicted octanol–water partition coefficient (Wildman–Crippen LogP) is 9.42. The fraction of sp³-hybridized carbons (Fsp3) is 0.500. The van der Waals surface area contributed by atoms with Crippen molar-refractivity contribution in [2.24, 2.45) is 9.98 Å². The first-order chi connectivity index (χ1) is 15.2. The zero-order valence-electron chi connectivity index (χ0n) is 21.2. The Labute approximate surface area is 219 Å². The molecule has 3 rings (SSSR count). The van der Waals surface area contributed by atoms with Crippen LogP contribution in [0.5, 0.6) is 0 Å². The maximum Gasteiger partial charge on any atom is 0.129 e. The number of hydrogen-bond acceptors (Lipinski definition) is 4. The van der Waals surface area contributed by atoms with Crippen molar-refractivity contribution in [1.29, 1.82) is 0 Å². The summed E-state index contributed by atoms with van der Waals surface area (Å²) in [5, 5.41) is 2.15. The average Bonchev–Trinajstić information content (AvgIpc) is 2.74. The van der Waals surface area contributed by atoms with Crippen molar-refractivity contribution >= 4 is 45.0 Å². The first-order valence-electron chi connectivity index (χ1n) is 11.9. The molecule has 1 aliphatic rings. The second-order valence-corrected chi connectivity index (χ2v) is 11.9. The summed E-state index contributed by atoms with van der Waals surface area (Å²) in [6.45, 7) is 18.1. The van der Waals surface area contributed by atoms with Gasteiger partial charge in [-0.15, -0.1) is 23.5 Å². The molecule has 0 amide bonds. The van der Waals surface area contributed by atoms with Crippen molar-refractivity contribution in [2.75, 3.05) is 11.5 Å². The molecule has 0 bridgehead atoms. The van der Waals surface area contributed by atoms with Gasteiger partial charge in [-0.3, -0.25) is 0 Å². The van der Waals surface area contributed by atoms with Crippen LogP contribution in [0, 0.1) is 0 Å². The van der Waals surface area contributed by atoms with E-state index in [9.17, 15) is 0 Å². The van der Waals surface area contributed by atoms with E-state index in [0.717, 1.165) is 33.0 Å². The van der Waals surface area contributed by atoms with Crippen molar-refractivity contribution in [1.82, 2.24) is 0 Å². The van der Waals surface area contributed by atoms with Crippen LogP contribution < -0.4 is 0 Å². The van der Waals surface area contributed by atoms with E-state index in [0.29, 0.717) is 23.7 Å². The molecule has 1 aliphatic heterocycles. The van der Waals surface area contributed by atoms with Gasteiger partial charge < -0.3 is 0 Å². The Bertz CT molecular complexity index is 873. The van der Waals surface area contributed by atoms with Crippen LogP contribution >= 0.6 is 23.5 Å². The van der Waals surface area contributed by atoms with Crippen LogP contribution in [-0.2, 0) is 16.5 Å². The zero-order valence-corrected chi connectivity index (χ0v) is 23.8. The molecule has 2 aromatic rings. The van der Waals surface area contributed by atoms with Gasteiger partial charge in [-0.05, 0) is 45.9 Å². The van der Waals surface area contributed by atoms with E-state index >= 15 is 0 Å².